The number of hydrogen-bond acceptors (Lipinski definition) is 4. The molecule has 0 bridgehead atoms. The Hall–Kier alpha value is -1.32. The van der Waals surface area contributed by atoms with Crippen LogP contribution in [0.2, 0.25) is 0 Å². The Balaban J connectivity index is 2.11. The normalized spacial score (nSPS) is 22.3. The molecule has 1 heterocycles. The van der Waals surface area contributed by atoms with Crippen LogP contribution in [0.1, 0.15) is 26.1 Å². The first kappa shape index (κ1) is 10.2. The molecule has 1 aromatic rings. The lowest BCUT2D eigenvalue weighted by Gasteiger charge is -2.09. The molecule has 1 saturated carbocycles. The second-order valence-electron chi connectivity index (χ2n) is 4.83. The lowest BCUT2D eigenvalue weighted by atomic mass is 10.2. The van der Waals surface area contributed by atoms with E-state index in [0.717, 1.165) is 17.5 Å². The molecule has 4 nitrogen and oxygen atoms in total. The molecule has 1 aliphatic rings. The quantitative estimate of drug-likeness (QED) is 0.794. The van der Waals surface area contributed by atoms with E-state index in [1.165, 1.54) is 6.42 Å². The topological polar surface area (TPSA) is 49.8 Å². The fourth-order valence-electron chi connectivity index (χ4n) is 1.66. The Morgan fingerprint density at radius 2 is 1.93 bits per heavy atom. The monoisotopic (exact) mass is 206 g/mol. The SMILES string of the molecule is CNc1cc(NC2CC2(C)C)nc(C)n1. The van der Waals surface area contributed by atoms with Gasteiger partial charge < -0.3 is 10.6 Å². The molecular formula is C11H18N4. The highest BCUT2D eigenvalue weighted by atomic mass is 15.1. The summed E-state index contributed by atoms with van der Waals surface area (Å²) in [7, 11) is 1.87. The standard InChI is InChI=1S/C11H18N4/c1-7-13-9(12-4)5-10(14-7)15-8-6-11(8,2)3/h5,8H,6H2,1-4H3,(H2,12,13,14,15). The van der Waals surface area contributed by atoms with Gasteiger partial charge in [0.1, 0.15) is 17.5 Å². The summed E-state index contributed by atoms with van der Waals surface area (Å²) in [5, 5.41) is 6.46. The summed E-state index contributed by atoms with van der Waals surface area (Å²) in [6.45, 7) is 6.43. The molecule has 2 N–H and O–H groups in total. The second kappa shape index (κ2) is 3.36. The maximum absolute atomic E-state index is 4.37. The van der Waals surface area contributed by atoms with Gasteiger partial charge in [0.25, 0.3) is 0 Å². The van der Waals surface area contributed by atoms with Gasteiger partial charge in [-0.15, -0.1) is 0 Å². The highest BCUT2D eigenvalue weighted by Gasteiger charge is 2.45. The number of aromatic nitrogens is 2. The fraction of sp³-hybridized carbons (Fsp3) is 0.636. The van der Waals surface area contributed by atoms with E-state index in [1.807, 2.05) is 20.0 Å². The average molecular weight is 206 g/mol. The van der Waals surface area contributed by atoms with Crippen molar-refractivity contribution in [1.29, 1.82) is 0 Å². The van der Waals surface area contributed by atoms with E-state index in [1.54, 1.807) is 0 Å². The molecule has 2 rings (SSSR count). The van der Waals surface area contributed by atoms with Gasteiger partial charge in [-0.25, -0.2) is 9.97 Å². The second-order valence-corrected chi connectivity index (χ2v) is 4.83. The third-order valence-corrected chi connectivity index (χ3v) is 2.93. The van der Waals surface area contributed by atoms with E-state index in [2.05, 4.69) is 34.4 Å². The van der Waals surface area contributed by atoms with Crippen molar-refractivity contribution >= 4 is 11.6 Å². The fourth-order valence-corrected chi connectivity index (χ4v) is 1.66. The van der Waals surface area contributed by atoms with Crippen molar-refractivity contribution in [3.05, 3.63) is 11.9 Å². The van der Waals surface area contributed by atoms with Crippen molar-refractivity contribution in [3.63, 3.8) is 0 Å². The molecule has 0 aromatic carbocycles. The van der Waals surface area contributed by atoms with Crippen LogP contribution in [0.3, 0.4) is 0 Å². The van der Waals surface area contributed by atoms with Gasteiger partial charge in [0.15, 0.2) is 0 Å². The Morgan fingerprint density at radius 3 is 2.47 bits per heavy atom. The van der Waals surface area contributed by atoms with Gasteiger partial charge in [-0.3, -0.25) is 0 Å². The summed E-state index contributed by atoms with van der Waals surface area (Å²) in [5.74, 6) is 2.58. The molecule has 15 heavy (non-hydrogen) atoms. The van der Waals surface area contributed by atoms with Gasteiger partial charge in [-0.05, 0) is 18.8 Å². The van der Waals surface area contributed by atoms with E-state index in [4.69, 9.17) is 0 Å². The number of hydrogen-bond donors (Lipinski definition) is 2. The minimum absolute atomic E-state index is 0.415. The third-order valence-electron chi connectivity index (χ3n) is 2.93. The zero-order chi connectivity index (χ0) is 11.1. The first-order valence-corrected chi connectivity index (χ1v) is 5.31. The number of aryl methyl sites for hydroxylation is 1. The molecule has 0 radical (unpaired) electrons. The summed E-state index contributed by atoms with van der Waals surface area (Å²) >= 11 is 0. The summed E-state index contributed by atoms with van der Waals surface area (Å²) < 4.78 is 0. The van der Waals surface area contributed by atoms with Gasteiger partial charge >= 0.3 is 0 Å². The van der Waals surface area contributed by atoms with Crippen LogP contribution in [0.25, 0.3) is 0 Å². The zero-order valence-corrected chi connectivity index (χ0v) is 9.76. The van der Waals surface area contributed by atoms with Crippen LogP contribution in [-0.4, -0.2) is 23.1 Å². The first-order valence-electron chi connectivity index (χ1n) is 5.31. The molecule has 0 amide bonds. The smallest absolute Gasteiger partial charge is 0.132 e. The largest absolute Gasteiger partial charge is 0.373 e. The molecule has 1 atom stereocenters. The highest BCUT2D eigenvalue weighted by Crippen LogP contribution is 2.46. The Kier molecular flexibility index (Phi) is 2.29. The van der Waals surface area contributed by atoms with E-state index in [9.17, 15) is 0 Å². The Labute approximate surface area is 90.5 Å². The molecule has 1 fully saturated rings. The van der Waals surface area contributed by atoms with Crippen LogP contribution in [0, 0.1) is 12.3 Å². The number of anilines is 2. The van der Waals surface area contributed by atoms with E-state index < -0.39 is 0 Å². The molecule has 0 spiro atoms. The van der Waals surface area contributed by atoms with Crippen molar-refractivity contribution in [2.75, 3.05) is 17.7 Å². The van der Waals surface area contributed by atoms with E-state index in [-0.39, 0.29) is 0 Å². The molecular weight excluding hydrogens is 188 g/mol. The highest BCUT2D eigenvalue weighted by molar-refractivity contribution is 5.48. The van der Waals surface area contributed by atoms with Crippen LogP contribution in [0.15, 0.2) is 6.07 Å². The van der Waals surface area contributed by atoms with Gasteiger partial charge in [-0.1, -0.05) is 13.8 Å². The Morgan fingerprint density at radius 1 is 1.33 bits per heavy atom. The minimum atomic E-state index is 0.415. The third kappa shape index (κ3) is 2.19. The molecule has 1 aromatic heterocycles. The van der Waals surface area contributed by atoms with Crippen molar-refractivity contribution in [2.45, 2.75) is 33.2 Å². The van der Waals surface area contributed by atoms with Crippen molar-refractivity contribution < 1.29 is 0 Å². The van der Waals surface area contributed by atoms with Crippen molar-refractivity contribution in [1.82, 2.24) is 9.97 Å². The van der Waals surface area contributed by atoms with Crippen LogP contribution >= 0.6 is 0 Å². The molecule has 1 unspecified atom stereocenters. The van der Waals surface area contributed by atoms with Crippen molar-refractivity contribution in [2.24, 2.45) is 5.41 Å². The van der Waals surface area contributed by atoms with Crippen LogP contribution in [-0.2, 0) is 0 Å². The lowest BCUT2D eigenvalue weighted by Crippen LogP contribution is -2.11. The van der Waals surface area contributed by atoms with E-state index in [0.29, 0.717) is 11.5 Å². The maximum atomic E-state index is 4.37. The first-order chi connectivity index (χ1) is 7.01. The summed E-state index contributed by atoms with van der Waals surface area (Å²) in [4.78, 5) is 8.62. The predicted molar refractivity (Wildman–Crippen MR) is 62.1 cm³/mol. The average Bonchev–Trinajstić information content (AvgIpc) is 2.72. The van der Waals surface area contributed by atoms with Crippen LogP contribution < -0.4 is 10.6 Å². The van der Waals surface area contributed by atoms with Gasteiger partial charge in [0, 0.05) is 19.2 Å². The summed E-state index contributed by atoms with van der Waals surface area (Å²) in [6, 6.07) is 2.50. The number of nitrogens with zero attached hydrogens (tertiary/aromatic N) is 2. The summed E-state index contributed by atoms with van der Waals surface area (Å²) in [6.07, 6.45) is 1.21. The zero-order valence-electron chi connectivity index (χ0n) is 9.76. The van der Waals surface area contributed by atoms with Gasteiger partial charge in [-0.2, -0.15) is 0 Å². The number of rotatable bonds is 3. The van der Waals surface area contributed by atoms with Gasteiger partial charge in [0.2, 0.25) is 0 Å². The molecule has 0 aliphatic heterocycles. The molecule has 82 valence electrons. The molecule has 4 heteroatoms. The minimum Gasteiger partial charge on any atom is -0.373 e. The van der Waals surface area contributed by atoms with Gasteiger partial charge in [0.05, 0.1) is 0 Å². The molecule has 1 aliphatic carbocycles. The number of nitrogens with one attached hydrogen (secondary N) is 2. The predicted octanol–water partition coefficient (Wildman–Crippen LogP) is 2.04. The Bertz CT molecular complexity index is 373. The molecule has 0 saturated heterocycles. The van der Waals surface area contributed by atoms with Crippen LogP contribution in [0.5, 0.6) is 0 Å². The maximum Gasteiger partial charge on any atom is 0.132 e. The van der Waals surface area contributed by atoms with Crippen LogP contribution in [0.4, 0.5) is 11.6 Å². The summed E-state index contributed by atoms with van der Waals surface area (Å²) in [5.41, 5.74) is 0.415. The lowest BCUT2D eigenvalue weighted by molar-refractivity contribution is 0.629. The van der Waals surface area contributed by atoms with Crippen molar-refractivity contribution in [3.8, 4) is 0 Å². The van der Waals surface area contributed by atoms with E-state index >= 15 is 0 Å².